The number of hydrogen-bond donors (Lipinski definition) is 1. The van der Waals surface area contributed by atoms with Gasteiger partial charge in [-0.05, 0) is 51.4 Å². The number of ether oxygens (including phenoxy) is 2. The first-order valence-corrected chi connectivity index (χ1v) is 28.9. The molecule has 0 aliphatic carbocycles. The van der Waals surface area contributed by atoms with Crippen LogP contribution < -0.4 is 0 Å². The number of esters is 2. The van der Waals surface area contributed by atoms with Crippen LogP contribution in [0.15, 0.2) is 48.6 Å². The second-order valence-corrected chi connectivity index (χ2v) is 21.1. The third-order valence-corrected chi connectivity index (χ3v) is 12.8. The average Bonchev–Trinajstić information content (AvgIpc) is 3.27. The standard InChI is InChI=1S/C56H104NO8P/c1-6-8-10-12-14-16-18-20-22-24-26-28-30-32-34-36-38-40-42-44-46-48-55(58)62-52-54(53-64-66(60,61)63-51-50-57(3,4)5)65-56(59)49-47-45-43-41-39-37-35-33-31-29-27-25-23-21-19-17-15-13-11-9-7-2/h22,24,28,30,34,36,40,42,54H,6-21,23,25-27,29,31-33,35,37-39,41,43-53H2,1-5H3/p+1/b24-22+,30-28+,36-34+,42-40+/t54-/m1/s1. The Labute approximate surface area is 407 Å². The Kier molecular flexibility index (Phi) is 46.5. The molecule has 0 radical (unpaired) electrons. The van der Waals surface area contributed by atoms with E-state index in [1.165, 1.54) is 167 Å². The molecular formula is C56H105NO8P+. The van der Waals surface area contributed by atoms with Gasteiger partial charge in [0.2, 0.25) is 0 Å². The molecule has 0 spiro atoms. The predicted molar refractivity (Wildman–Crippen MR) is 280 cm³/mol. The van der Waals surface area contributed by atoms with Crippen LogP contribution in [0, 0.1) is 0 Å². The molecule has 0 saturated carbocycles. The van der Waals surface area contributed by atoms with E-state index in [0.29, 0.717) is 23.9 Å². The summed E-state index contributed by atoms with van der Waals surface area (Å²) in [6.45, 7) is 4.40. The maximum Gasteiger partial charge on any atom is 0.472 e. The number of allylic oxidation sites excluding steroid dienone is 8. The molecule has 2 atom stereocenters. The van der Waals surface area contributed by atoms with Gasteiger partial charge in [0.25, 0.3) is 0 Å². The lowest BCUT2D eigenvalue weighted by Crippen LogP contribution is -2.37. The van der Waals surface area contributed by atoms with Crippen molar-refractivity contribution >= 4 is 19.8 Å². The first-order chi connectivity index (χ1) is 32.0. The van der Waals surface area contributed by atoms with E-state index in [1.54, 1.807) is 0 Å². The topological polar surface area (TPSA) is 108 Å². The Morgan fingerprint density at radius 2 is 0.833 bits per heavy atom. The highest BCUT2D eigenvalue weighted by Crippen LogP contribution is 2.43. The van der Waals surface area contributed by atoms with Crippen molar-refractivity contribution in [2.75, 3.05) is 47.5 Å². The number of quaternary nitrogens is 1. The van der Waals surface area contributed by atoms with E-state index in [-0.39, 0.29) is 26.1 Å². The summed E-state index contributed by atoms with van der Waals surface area (Å²) in [6.07, 6.45) is 59.0. The second kappa shape index (κ2) is 48.0. The van der Waals surface area contributed by atoms with E-state index < -0.39 is 32.5 Å². The summed E-state index contributed by atoms with van der Waals surface area (Å²) < 4.78 is 34.4. The van der Waals surface area contributed by atoms with Gasteiger partial charge in [-0.1, -0.05) is 229 Å². The minimum absolute atomic E-state index is 0.0236. The number of hydrogen-bond acceptors (Lipinski definition) is 7. The van der Waals surface area contributed by atoms with Gasteiger partial charge in [-0.2, -0.15) is 0 Å². The summed E-state index contributed by atoms with van der Waals surface area (Å²) in [5.74, 6) is -0.854. The van der Waals surface area contributed by atoms with Gasteiger partial charge in [0, 0.05) is 12.8 Å². The molecule has 10 heteroatoms. The van der Waals surface area contributed by atoms with Crippen LogP contribution >= 0.6 is 7.82 Å². The minimum atomic E-state index is -4.39. The molecule has 0 aromatic carbocycles. The molecule has 386 valence electrons. The number of unbranched alkanes of at least 4 members (excludes halogenated alkanes) is 28. The summed E-state index contributed by atoms with van der Waals surface area (Å²) in [7, 11) is 1.45. The van der Waals surface area contributed by atoms with Crippen molar-refractivity contribution in [1.29, 1.82) is 0 Å². The Bertz CT molecular complexity index is 1260. The molecule has 0 rings (SSSR count). The van der Waals surface area contributed by atoms with Crippen LogP contribution in [-0.4, -0.2) is 74.9 Å². The van der Waals surface area contributed by atoms with E-state index in [2.05, 4.69) is 62.5 Å². The molecule has 0 aromatic rings. The van der Waals surface area contributed by atoms with Crippen molar-refractivity contribution in [2.45, 2.75) is 251 Å². The van der Waals surface area contributed by atoms with Gasteiger partial charge in [0.15, 0.2) is 6.10 Å². The molecule has 0 heterocycles. The monoisotopic (exact) mass is 951 g/mol. The quantitative estimate of drug-likeness (QED) is 0.0211. The van der Waals surface area contributed by atoms with E-state index in [4.69, 9.17) is 18.5 Å². The third kappa shape index (κ3) is 51.4. The van der Waals surface area contributed by atoms with Crippen molar-refractivity contribution in [2.24, 2.45) is 0 Å². The lowest BCUT2D eigenvalue weighted by molar-refractivity contribution is -0.870. The van der Waals surface area contributed by atoms with Crippen LogP contribution in [0.2, 0.25) is 0 Å². The van der Waals surface area contributed by atoms with Crippen molar-refractivity contribution in [3.05, 3.63) is 48.6 Å². The number of carbonyl (C=O) groups excluding carboxylic acids is 2. The Morgan fingerprint density at radius 3 is 1.26 bits per heavy atom. The minimum Gasteiger partial charge on any atom is -0.462 e. The van der Waals surface area contributed by atoms with Crippen LogP contribution in [0.3, 0.4) is 0 Å². The van der Waals surface area contributed by atoms with Crippen molar-refractivity contribution in [3.63, 3.8) is 0 Å². The average molecular weight is 951 g/mol. The van der Waals surface area contributed by atoms with Crippen molar-refractivity contribution < 1.29 is 42.1 Å². The van der Waals surface area contributed by atoms with Gasteiger partial charge in [-0.3, -0.25) is 18.6 Å². The zero-order valence-corrected chi connectivity index (χ0v) is 44.6. The molecule has 0 amide bonds. The van der Waals surface area contributed by atoms with Gasteiger partial charge < -0.3 is 18.9 Å². The normalized spacial score (nSPS) is 13.7. The predicted octanol–water partition coefficient (Wildman–Crippen LogP) is 16.6. The summed E-state index contributed by atoms with van der Waals surface area (Å²) >= 11 is 0. The van der Waals surface area contributed by atoms with Gasteiger partial charge in [0.1, 0.15) is 19.8 Å². The van der Waals surface area contributed by atoms with Gasteiger partial charge in [-0.25, -0.2) is 4.57 Å². The molecule has 0 bridgehead atoms. The first-order valence-electron chi connectivity index (χ1n) is 27.4. The number of rotatable bonds is 50. The highest BCUT2D eigenvalue weighted by molar-refractivity contribution is 7.47. The number of phosphoric ester groups is 1. The highest BCUT2D eigenvalue weighted by atomic mass is 31.2. The zero-order valence-electron chi connectivity index (χ0n) is 43.7. The lowest BCUT2D eigenvalue weighted by atomic mass is 10.0. The van der Waals surface area contributed by atoms with Crippen LogP contribution in [0.25, 0.3) is 0 Å². The van der Waals surface area contributed by atoms with Gasteiger partial charge >= 0.3 is 19.8 Å². The molecule has 0 fully saturated rings. The molecule has 1 N–H and O–H groups in total. The van der Waals surface area contributed by atoms with E-state index in [1.807, 2.05) is 21.1 Å². The molecule has 0 aliphatic rings. The zero-order chi connectivity index (χ0) is 48.5. The van der Waals surface area contributed by atoms with Crippen LogP contribution in [0.4, 0.5) is 0 Å². The van der Waals surface area contributed by atoms with Crippen LogP contribution in [0.1, 0.15) is 245 Å². The molecule has 9 nitrogen and oxygen atoms in total. The highest BCUT2D eigenvalue weighted by Gasteiger charge is 2.27. The molecule has 0 aliphatic heterocycles. The first kappa shape index (κ1) is 64.0. The van der Waals surface area contributed by atoms with Gasteiger partial charge in [0.05, 0.1) is 27.7 Å². The van der Waals surface area contributed by atoms with Crippen molar-refractivity contribution in [1.82, 2.24) is 0 Å². The lowest BCUT2D eigenvalue weighted by Gasteiger charge is -2.24. The maximum atomic E-state index is 12.8. The van der Waals surface area contributed by atoms with E-state index in [0.717, 1.165) is 38.5 Å². The second-order valence-electron chi connectivity index (χ2n) is 19.6. The molecule has 66 heavy (non-hydrogen) atoms. The fraction of sp³-hybridized carbons (Fsp3) is 0.821. The Balaban J connectivity index is 4.29. The summed E-state index contributed by atoms with van der Waals surface area (Å²) in [6, 6.07) is 0. The van der Waals surface area contributed by atoms with Crippen LogP contribution in [-0.2, 0) is 32.7 Å². The number of carbonyl (C=O) groups is 2. The summed E-state index contributed by atoms with van der Waals surface area (Å²) in [4.78, 5) is 35.6. The largest absolute Gasteiger partial charge is 0.472 e. The fourth-order valence-electron chi connectivity index (χ4n) is 7.60. The number of likely N-dealkylation sites (N-methyl/N-ethyl adjacent to an activating group) is 1. The van der Waals surface area contributed by atoms with Crippen molar-refractivity contribution in [3.8, 4) is 0 Å². The number of nitrogens with zero attached hydrogens (tertiary/aromatic N) is 1. The SMILES string of the molecule is CCCCCCCCC/C=C/C/C=C/C/C=C/C/C=C/CCCC(=O)OC[C@H](COP(=O)(O)OCC[N+](C)(C)C)OC(=O)CCCCCCCCCCCCCCCCCCCCCCC. The van der Waals surface area contributed by atoms with Gasteiger partial charge in [-0.15, -0.1) is 0 Å². The Hall–Kier alpha value is -2.03. The molecule has 1 unspecified atom stereocenters. The molecular weight excluding hydrogens is 846 g/mol. The molecule has 0 saturated heterocycles. The van der Waals surface area contributed by atoms with Crippen LogP contribution in [0.5, 0.6) is 0 Å². The summed E-state index contributed by atoms with van der Waals surface area (Å²) in [5.41, 5.74) is 0. The molecule has 0 aromatic heterocycles. The summed E-state index contributed by atoms with van der Waals surface area (Å²) in [5, 5.41) is 0. The fourth-order valence-corrected chi connectivity index (χ4v) is 8.34. The Morgan fingerprint density at radius 1 is 0.470 bits per heavy atom. The number of phosphoric acid groups is 1. The van der Waals surface area contributed by atoms with E-state index in [9.17, 15) is 19.0 Å². The third-order valence-electron chi connectivity index (χ3n) is 11.9. The maximum absolute atomic E-state index is 12.8. The smallest absolute Gasteiger partial charge is 0.462 e. The van der Waals surface area contributed by atoms with E-state index >= 15 is 0 Å².